The summed E-state index contributed by atoms with van der Waals surface area (Å²) in [5.74, 6) is 0.0691. The molecule has 1 fully saturated rings. The van der Waals surface area contributed by atoms with E-state index in [1.54, 1.807) is 6.07 Å². The molecular weight excluding hydrogens is 388 g/mol. The van der Waals surface area contributed by atoms with Crippen LogP contribution in [0.2, 0.25) is 5.02 Å². The second-order valence-corrected chi connectivity index (χ2v) is 7.68. The number of benzene rings is 2. The number of ether oxygens (including phenoxy) is 2. The van der Waals surface area contributed by atoms with Gasteiger partial charge in [-0.15, -0.1) is 0 Å². The molecule has 0 radical (unpaired) electrons. The van der Waals surface area contributed by atoms with Gasteiger partial charge < -0.3 is 14.8 Å². The van der Waals surface area contributed by atoms with Gasteiger partial charge >= 0.3 is 0 Å². The van der Waals surface area contributed by atoms with Crippen LogP contribution in [0.5, 0.6) is 5.88 Å². The van der Waals surface area contributed by atoms with Crippen molar-refractivity contribution < 1.29 is 14.3 Å². The Bertz CT molecular complexity index is 1090. The topological polar surface area (TPSA) is 60.5 Å². The molecule has 0 saturated carbocycles. The highest BCUT2D eigenvalue weighted by molar-refractivity contribution is 6.32. The Labute approximate surface area is 173 Å². The minimum atomic E-state index is -0.259. The van der Waals surface area contributed by atoms with Crippen LogP contribution in [0.25, 0.3) is 11.1 Å². The first kappa shape index (κ1) is 18.2. The van der Waals surface area contributed by atoms with Crippen LogP contribution in [0, 0.1) is 0 Å². The van der Waals surface area contributed by atoms with Crippen LogP contribution in [-0.4, -0.2) is 30.2 Å². The average Bonchev–Trinajstić information content (AvgIpc) is 3.36. The van der Waals surface area contributed by atoms with Gasteiger partial charge in [0.1, 0.15) is 11.1 Å². The maximum Gasteiger partial charge on any atom is 0.257 e. The molecule has 1 amide bonds. The minimum Gasteiger partial charge on any atom is -0.471 e. The highest BCUT2D eigenvalue weighted by Crippen LogP contribution is 2.37. The maximum absolute atomic E-state index is 12.7. The van der Waals surface area contributed by atoms with E-state index < -0.39 is 0 Å². The zero-order valence-corrected chi connectivity index (χ0v) is 16.4. The Balaban J connectivity index is 1.31. The largest absolute Gasteiger partial charge is 0.471 e. The van der Waals surface area contributed by atoms with E-state index in [1.807, 2.05) is 18.2 Å². The van der Waals surface area contributed by atoms with Crippen LogP contribution in [0.3, 0.4) is 0 Å². The molecule has 0 bridgehead atoms. The van der Waals surface area contributed by atoms with Crippen LogP contribution in [0.15, 0.2) is 54.7 Å². The summed E-state index contributed by atoms with van der Waals surface area (Å²) in [7, 11) is 0. The van der Waals surface area contributed by atoms with Gasteiger partial charge in [-0.2, -0.15) is 0 Å². The van der Waals surface area contributed by atoms with Gasteiger partial charge in [0.25, 0.3) is 5.91 Å². The number of anilines is 1. The van der Waals surface area contributed by atoms with Crippen molar-refractivity contribution in [2.24, 2.45) is 0 Å². The Kier molecular flexibility index (Phi) is 4.70. The summed E-state index contributed by atoms with van der Waals surface area (Å²) in [6, 6.07) is 16.0. The van der Waals surface area contributed by atoms with E-state index >= 15 is 0 Å². The molecule has 5 nitrogen and oxygen atoms in total. The van der Waals surface area contributed by atoms with E-state index in [9.17, 15) is 4.79 Å². The molecular formula is C23H19ClN2O3. The zero-order chi connectivity index (χ0) is 19.8. The fraction of sp³-hybridized carbons (Fsp3) is 0.217. The Morgan fingerprint density at radius 3 is 2.83 bits per heavy atom. The fourth-order valence-electron chi connectivity index (χ4n) is 3.83. The third kappa shape index (κ3) is 3.59. The van der Waals surface area contributed by atoms with E-state index in [0.717, 1.165) is 18.5 Å². The maximum atomic E-state index is 12.7. The number of fused-ring (bicyclic) bond motifs is 3. The highest BCUT2D eigenvalue weighted by Gasteiger charge is 2.21. The van der Waals surface area contributed by atoms with E-state index in [-0.39, 0.29) is 12.0 Å². The first-order valence-electron chi connectivity index (χ1n) is 9.60. The number of nitrogens with zero attached hydrogens (tertiary/aromatic N) is 1. The Morgan fingerprint density at radius 2 is 2.00 bits per heavy atom. The molecule has 1 unspecified atom stereocenters. The summed E-state index contributed by atoms with van der Waals surface area (Å²) in [4.78, 5) is 16.9. The fourth-order valence-corrected chi connectivity index (χ4v) is 4.04. The zero-order valence-electron chi connectivity index (χ0n) is 15.7. The molecule has 1 N–H and O–H groups in total. The number of hydrogen-bond donors (Lipinski definition) is 1. The van der Waals surface area contributed by atoms with Crippen LogP contribution in [-0.2, 0) is 11.2 Å². The lowest BCUT2D eigenvalue weighted by molar-refractivity contribution is 0.102. The van der Waals surface area contributed by atoms with Crippen LogP contribution in [0.1, 0.15) is 27.9 Å². The predicted octanol–water partition coefficient (Wildman–Crippen LogP) is 4.73. The highest BCUT2D eigenvalue weighted by atomic mass is 35.5. The predicted molar refractivity (Wildman–Crippen MR) is 112 cm³/mol. The molecule has 1 aliphatic heterocycles. The molecule has 29 heavy (non-hydrogen) atoms. The lowest BCUT2D eigenvalue weighted by Crippen LogP contribution is -2.17. The van der Waals surface area contributed by atoms with Gasteiger partial charge in [-0.25, -0.2) is 4.98 Å². The molecule has 5 rings (SSSR count). The third-order valence-electron chi connectivity index (χ3n) is 5.29. The second kappa shape index (κ2) is 7.50. The molecule has 1 aromatic heterocycles. The van der Waals surface area contributed by atoms with Crippen LogP contribution >= 0.6 is 11.6 Å². The summed E-state index contributed by atoms with van der Waals surface area (Å²) in [5, 5.41) is 3.25. The lowest BCUT2D eigenvalue weighted by atomic mass is 10.1. The van der Waals surface area contributed by atoms with Crippen molar-refractivity contribution in [2.45, 2.75) is 18.9 Å². The third-order valence-corrected chi connectivity index (χ3v) is 5.56. The number of pyridine rings is 1. The Hall–Kier alpha value is -2.89. The van der Waals surface area contributed by atoms with Crippen molar-refractivity contribution >= 4 is 23.2 Å². The number of nitrogens with one attached hydrogen (secondary N) is 1. The molecule has 6 heteroatoms. The van der Waals surface area contributed by atoms with Crippen molar-refractivity contribution in [3.8, 4) is 17.0 Å². The summed E-state index contributed by atoms with van der Waals surface area (Å²) in [6.45, 7) is 1.21. The standard InChI is InChI=1S/C23H19ClN2O3/c24-21-11-16(12-25-23(21)29-18-7-8-28-13-18)22(27)26-17-5-6-20-15(10-17)9-14-3-1-2-4-19(14)20/h1-6,10-12,18H,7-9,13H2,(H,26,27). The number of hydrogen-bond acceptors (Lipinski definition) is 4. The number of rotatable bonds is 4. The van der Waals surface area contributed by atoms with Crippen molar-refractivity contribution in [1.29, 1.82) is 0 Å². The summed E-state index contributed by atoms with van der Waals surface area (Å²) >= 11 is 6.27. The molecule has 2 heterocycles. The van der Waals surface area contributed by atoms with Crippen LogP contribution < -0.4 is 10.1 Å². The number of amides is 1. The van der Waals surface area contributed by atoms with E-state index in [0.29, 0.717) is 29.7 Å². The van der Waals surface area contributed by atoms with Crippen molar-refractivity contribution in [2.75, 3.05) is 18.5 Å². The lowest BCUT2D eigenvalue weighted by Gasteiger charge is -2.13. The average molecular weight is 407 g/mol. The van der Waals surface area contributed by atoms with E-state index in [1.165, 1.54) is 28.5 Å². The van der Waals surface area contributed by atoms with E-state index in [2.05, 4.69) is 34.6 Å². The summed E-state index contributed by atoms with van der Waals surface area (Å²) in [5.41, 5.74) is 6.14. The van der Waals surface area contributed by atoms with Gasteiger partial charge in [0, 0.05) is 18.3 Å². The molecule has 146 valence electrons. The number of carbonyl (C=O) groups is 1. The normalized spacial score (nSPS) is 16.9. The number of carbonyl (C=O) groups excluding carboxylic acids is 1. The quantitative estimate of drug-likeness (QED) is 0.532. The Morgan fingerprint density at radius 1 is 1.14 bits per heavy atom. The molecule has 1 aliphatic carbocycles. The molecule has 2 aliphatic rings. The van der Waals surface area contributed by atoms with Crippen molar-refractivity contribution in [3.05, 3.63) is 76.4 Å². The molecule has 3 aromatic rings. The molecule has 0 spiro atoms. The van der Waals surface area contributed by atoms with E-state index in [4.69, 9.17) is 21.1 Å². The monoisotopic (exact) mass is 406 g/mol. The van der Waals surface area contributed by atoms with Gasteiger partial charge in [-0.1, -0.05) is 41.9 Å². The van der Waals surface area contributed by atoms with Gasteiger partial charge in [0.15, 0.2) is 0 Å². The molecule has 1 saturated heterocycles. The number of aromatic nitrogens is 1. The van der Waals surface area contributed by atoms with Gasteiger partial charge in [0.05, 0.1) is 18.8 Å². The number of halogens is 1. The van der Waals surface area contributed by atoms with Gasteiger partial charge in [-0.3, -0.25) is 4.79 Å². The SMILES string of the molecule is O=C(Nc1ccc2c(c1)Cc1ccccc1-2)c1cnc(OC2CCOC2)c(Cl)c1. The van der Waals surface area contributed by atoms with Gasteiger partial charge in [0.2, 0.25) is 5.88 Å². The molecule has 1 atom stereocenters. The summed E-state index contributed by atoms with van der Waals surface area (Å²) in [6.07, 6.45) is 3.12. The first-order valence-corrected chi connectivity index (χ1v) is 9.98. The molecule has 2 aromatic carbocycles. The second-order valence-electron chi connectivity index (χ2n) is 7.27. The van der Waals surface area contributed by atoms with Gasteiger partial charge in [-0.05, 0) is 46.9 Å². The van der Waals surface area contributed by atoms with Crippen LogP contribution in [0.4, 0.5) is 5.69 Å². The summed E-state index contributed by atoms with van der Waals surface area (Å²) < 4.78 is 11.0. The first-order chi connectivity index (χ1) is 14.2. The van der Waals surface area contributed by atoms with Crippen molar-refractivity contribution in [1.82, 2.24) is 4.98 Å². The minimum absolute atomic E-state index is 0.0461. The smallest absolute Gasteiger partial charge is 0.257 e. The van der Waals surface area contributed by atoms with Crippen molar-refractivity contribution in [3.63, 3.8) is 0 Å².